The second-order valence-corrected chi connectivity index (χ2v) is 3.00. The third kappa shape index (κ3) is 3.29. The number of hydrogen-bond acceptors (Lipinski definition) is 2. The number of nitrogens with one attached hydrogen (secondary N) is 1. The van der Waals surface area contributed by atoms with Gasteiger partial charge in [-0.2, -0.15) is 0 Å². The van der Waals surface area contributed by atoms with Gasteiger partial charge in [-0.15, -0.1) is 0 Å². The topological polar surface area (TPSA) is 60.1 Å². The molecule has 0 aromatic carbocycles. The fraction of sp³-hybridized carbons (Fsp3) is 0.444. The summed E-state index contributed by atoms with van der Waals surface area (Å²) in [5, 5.41) is 0. The number of carbonyl (C=O) groups excluding carboxylic acids is 1. The van der Waals surface area contributed by atoms with Crippen LogP contribution in [0.5, 0.6) is 0 Å². The van der Waals surface area contributed by atoms with E-state index in [-0.39, 0.29) is 11.9 Å². The number of rotatable bonds is 4. The third-order valence-electron chi connectivity index (χ3n) is 1.83. The van der Waals surface area contributed by atoms with Gasteiger partial charge in [-0.3, -0.25) is 14.9 Å². The quantitative estimate of drug-likeness (QED) is 0.717. The molecule has 0 aliphatic rings. The van der Waals surface area contributed by atoms with Crippen LogP contribution in [0, 0.1) is 0 Å². The van der Waals surface area contributed by atoms with Gasteiger partial charge in [0.05, 0.1) is 0 Å². The molecule has 1 heterocycles. The van der Waals surface area contributed by atoms with Crippen molar-refractivity contribution in [1.82, 2.24) is 4.68 Å². The highest BCUT2D eigenvalue weighted by Gasteiger charge is 2.06. The van der Waals surface area contributed by atoms with Gasteiger partial charge < -0.3 is 5.73 Å². The number of aromatic nitrogens is 1. The molecule has 0 fully saturated rings. The molecule has 1 amide bonds. The number of nitrogens with two attached hydrogens (primary N) is 1. The fourth-order valence-electron chi connectivity index (χ4n) is 0.981. The Hall–Kier alpha value is -1.29. The maximum absolute atomic E-state index is 11.3. The zero-order valence-electron chi connectivity index (χ0n) is 7.73. The van der Waals surface area contributed by atoms with E-state index in [4.69, 9.17) is 5.73 Å². The van der Waals surface area contributed by atoms with Crippen molar-refractivity contribution in [2.75, 3.05) is 5.43 Å². The van der Waals surface area contributed by atoms with Crippen molar-refractivity contribution in [1.29, 1.82) is 0 Å². The first-order valence-electron chi connectivity index (χ1n) is 4.40. The van der Waals surface area contributed by atoms with Gasteiger partial charge in [0.2, 0.25) is 5.91 Å². The smallest absolute Gasteiger partial charge is 0.240 e. The van der Waals surface area contributed by atoms with Crippen LogP contribution >= 0.6 is 0 Å². The highest BCUT2D eigenvalue weighted by Crippen LogP contribution is 1.94. The summed E-state index contributed by atoms with van der Waals surface area (Å²) in [7, 11) is 0. The van der Waals surface area contributed by atoms with Crippen molar-refractivity contribution in [2.45, 2.75) is 25.8 Å². The molecular weight excluding hydrogens is 166 g/mol. The molecule has 0 bridgehead atoms. The van der Waals surface area contributed by atoms with E-state index in [2.05, 4.69) is 5.43 Å². The van der Waals surface area contributed by atoms with Gasteiger partial charge in [-0.1, -0.05) is 6.92 Å². The Bertz CT molecular complexity index is 256. The summed E-state index contributed by atoms with van der Waals surface area (Å²) < 4.78 is 1.62. The summed E-state index contributed by atoms with van der Waals surface area (Å²) in [6, 6.07) is 3.65. The molecule has 1 unspecified atom stereocenters. The lowest BCUT2D eigenvalue weighted by molar-refractivity contribution is -0.117. The highest BCUT2D eigenvalue weighted by molar-refractivity contribution is 5.84. The molecular formula is C9H15N3O. The standard InChI is InChI=1S/C9H15N3O/c1-2-8(10)7-9(13)11-12-5-3-4-6-12/h3-6,8H,2,7,10H2,1H3,(H,11,13). The van der Waals surface area contributed by atoms with E-state index < -0.39 is 0 Å². The Balaban J connectivity index is 2.34. The molecule has 1 rings (SSSR count). The van der Waals surface area contributed by atoms with Gasteiger partial charge in [0.15, 0.2) is 0 Å². The lowest BCUT2D eigenvalue weighted by Crippen LogP contribution is -2.29. The van der Waals surface area contributed by atoms with Crippen molar-refractivity contribution in [3.8, 4) is 0 Å². The predicted molar refractivity (Wildman–Crippen MR) is 51.7 cm³/mol. The minimum Gasteiger partial charge on any atom is -0.327 e. The molecule has 1 aromatic heterocycles. The summed E-state index contributed by atoms with van der Waals surface area (Å²) in [5.41, 5.74) is 8.32. The molecule has 4 heteroatoms. The Morgan fingerprint density at radius 3 is 2.69 bits per heavy atom. The monoisotopic (exact) mass is 181 g/mol. The van der Waals surface area contributed by atoms with E-state index in [1.54, 1.807) is 17.1 Å². The number of hydrogen-bond donors (Lipinski definition) is 2. The van der Waals surface area contributed by atoms with E-state index in [0.717, 1.165) is 6.42 Å². The SMILES string of the molecule is CCC(N)CC(=O)Nn1cccc1. The molecule has 3 N–H and O–H groups in total. The maximum atomic E-state index is 11.3. The molecule has 0 radical (unpaired) electrons. The largest absolute Gasteiger partial charge is 0.327 e. The van der Waals surface area contributed by atoms with E-state index in [9.17, 15) is 4.79 Å². The van der Waals surface area contributed by atoms with Crippen LogP contribution in [0.15, 0.2) is 24.5 Å². The Labute approximate surface area is 77.7 Å². The molecule has 72 valence electrons. The average molecular weight is 181 g/mol. The van der Waals surface area contributed by atoms with E-state index >= 15 is 0 Å². The third-order valence-corrected chi connectivity index (χ3v) is 1.83. The zero-order valence-corrected chi connectivity index (χ0v) is 7.73. The average Bonchev–Trinajstić information content (AvgIpc) is 2.56. The van der Waals surface area contributed by atoms with E-state index in [1.165, 1.54) is 0 Å². The first-order valence-corrected chi connectivity index (χ1v) is 4.40. The fourth-order valence-corrected chi connectivity index (χ4v) is 0.981. The van der Waals surface area contributed by atoms with Crippen LogP contribution in [-0.4, -0.2) is 16.6 Å². The normalized spacial score (nSPS) is 12.5. The Kier molecular flexibility index (Phi) is 3.52. The van der Waals surface area contributed by atoms with Crippen molar-refractivity contribution in [2.24, 2.45) is 5.73 Å². The molecule has 0 spiro atoms. The minimum atomic E-state index is -0.0504. The van der Waals surface area contributed by atoms with Crippen LogP contribution in [0.4, 0.5) is 0 Å². The molecule has 13 heavy (non-hydrogen) atoms. The van der Waals surface area contributed by atoms with Crippen LogP contribution in [-0.2, 0) is 4.79 Å². The summed E-state index contributed by atoms with van der Waals surface area (Å²) in [6.45, 7) is 1.97. The Morgan fingerprint density at radius 2 is 2.15 bits per heavy atom. The van der Waals surface area contributed by atoms with Crippen molar-refractivity contribution in [3.05, 3.63) is 24.5 Å². The van der Waals surface area contributed by atoms with Crippen LogP contribution < -0.4 is 11.2 Å². The lowest BCUT2D eigenvalue weighted by Gasteiger charge is -2.09. The summed E-state index contributed by atoms with van der Waals surface area (Å²) in [4.78, 5) is 11.3. The van der Waals surface area contributed by atoms with Gasteiger partial charge in [0, 0.05) is 24.9 Å². The molecule has 0 saturated carbocycles. The highest BCUT2D eigenvalue weighted by atomic mass is 16.2. The second kappa shape index (κ2) is 4.67. The van der Waals surface area contributed by atoms with Gasteiger partial charge in [-0.05, 0) is 18.6 Å². The van der Waals surface area contributed by atoms with Gasteiger partial charge in [0.25, 0.3) is 0 Å². The Morgan fingerprint density at radius 1 is 1.54 bits per heavy atom. The van der Waals surface area contributed by atoms with Gasteiger partial charge >= 0.3 is 0 Å². The minimum absolute atomic E-state index is 0.0458. The molecule has 4 nitrogen and oxygen atoms in total. The van der Waals surface area contributed by atoms with E-state index in [0.29, 0.717) is 6.42 Å². The van der Waals surface area contributed by atoms with Crippen LogP contribution in [0.1, 0.15) is 19.8 Å². The molecule has 0 saturated heterocycles. The maximum Gasteiger partial charge on any atom is 0.240 e. The van der Waals surface area contributed by atoms with E-state index in [1.807, 2.05) is 19.1 Å². The van der Waals surface area contributed by atoms with Crippen molar-refractivity contribution >= 4 is 5.91 Å². The molecule has 0 aliphatic carbocycles. The lowest BCUT2D eigenvalue weighted by atomic mass is 10.2. The van der Waals surface area contributed by atoms with Crippen LogP contribution in [0.2, 0.25) is 0 Å². The number of nitrogens with zero attached hydrogens (tertiary/aromatic N) is 1. The number of carbonyl (C=O) groups is 1. The summed E-state index contributed by atoms with van der Waals surface area (Å²) in [6.07, 6.45) is 4.73. The summed E-state index contributed by atoms with van der Waals surface area (Å²) >= 11 is 0. The van der Waals surface area contributed by atoms with Crippen LogP contribution in [0.3, 0.4) is 0 Å². The zero-order chi connectivity index (χ0) is 9.68. The predicted octanol–water partition coefficient (Wildman–Crippen LogP) is 0.686. The molecule has 1 atom stereocenters. The van der Waals surface area contributed by atoms with Crippen molar-refractivity contribution < 1.29 is 4.79 Å². The molecule has 1 aromatic rings. The summed E-state index contributed by atoms with van der Waals surface area (Å²) in [5.74, 6) is -0.0504. The van der Waals surface area contributed by atoms with Gasteiger partial charge in [0.1, 0.15) is 0 Å². The first kappa shape index (κ1) is 9.80. The van der Waals surface area contributed by atoms with Crippen LogP contribution in [0.25, 0.3) is 0 Å². The second-order valence-electron chi connectivity index (χ2n) is 3.00. The number of amides is 1. The van der Waals surface area contributed by atoms with Gasteiger partial charge in [-0.25, -0.2) is 0 Å². The first-order chi connectivity index (χ1) is 6.22. The van der Waals surface area contributed by atoms with Crippen molar-refractivity contribution in [3.63, 3.8) is 0 Å². The molecule has 0 aliphatic heterocycles.